The molecule has 3 nitrogen and oxygen atoms in total. The lowest BCUT2D eigenvalue weighted by Gasteiger charge is -2.10. The molecule has 0 amide bonds. The number of thioether (sulfide) groups is 1. The maximum absolute atomic E-state index is 9.39. The van der Waals surface area contributed by atoms with E-state index in [0.29, 0.717) is 21.7 Å². The Morgan fingerprint density at radius 2 is 1.78 bits per heavy atom. The molecule has 1 N–H and O–H groups in total. The van der Waals surface area contributed by atoms with Crippen molar-refractivity contribution in [3.63, 3.8) is 0 Å². The van der Waals surface area contributed by atoms with Gasteiger partial charge >= 0.3 is 0 Å². The zero-order chi connectivity index (χ0) is 16.4. The highest BCUT2D eigenvalue weighted by Crippen LogP contribution is 2.36. The summed E-state index contributed by atoms with van der Waals surface area (Å²) in [6.45, 7) is 1.89. The number of benzene rings is 2. The van der Waals surface area contributed by atoms with Gasteiger partial charge in [-0.2, -0.15) is 0 Å². The molecule has 0 radical (unpaired) electrons. The van der Waals surface area contributed by atoms with Gasteiger partial charge in [0.25, 0.3) is 0 Å². The van der Waals surface area contributed by atoms with Crippen molar-refractivity contribution >= 4 is 23.4 Å². The molecular weight excluding hydrogens is 330 g/mol. The summed E-state index contributed by atoms with van der Waals surface area (Å²) in [4.78, 5) is 4.42. The zero-order valence-corrected chi connectivity index (χ0v) is 14.4. The minimum atomic E-state index is -0.136. The molecule has 0 bridgehead atoms. The van der Waals surface area contributed by atoms with Crippen molar-refractivity contribution < 1.29 is 9.52 Å². The fourth-order valence-electron chi connectivity index (χ4n) is 2.55. The Bertz CT molecular complexity index is 823. The van der Waals surface area contributed by atoms with Gasteiger partial charge in [-0.25, -0.2) is 4.98 Å². The lowest BCUT2D eigenvalue weighted by Crippen LogP contribution is -1.90. The maximum Gasteiger partial charge on any atom is 0.228 e. The molecule has 23 heavy (non-hydrogen) atoms. The second-order valence-electron chi connectivity index (χ2n) is 5.07. The molecule has 0 aliphatic carbocycles. The van der Waals surface area contributed by atoms with Gasteiger partial charge in [0.1, 0.15) is 5.69 Å². The number of oxazole rings is 1. The Kier molecular flexibility index (Phi) is 4.76. The minimum Gasteiger partial charge on any atom is -0.429 e. The van der Waals surface area contributed by atoms with E-state index in [1.165, 1.54) is 11.8 Å². The van der Waals surface area contributed by atoms with Crippen molar-refractivity contribution in [2.75, 3.05) is 6.26 Å². The van der Waals surface area contributed by atoms with Crippen LogP contribution in [0.1, 0.15) is 11.3 Å². The number of aliphatic hydroxyl groups is 1. The Labute approximate surface area is 144 Å². The SMILES string of the molecule is CSc1oc(-c2cccc(-c3ccccc3Cl)c2C)nc1CO. The number of aliphatic hydroxyl groups excluding tert-OH is 1. The van der Waals surface area contributed by atoms with E-state index in [1.54, 1.807) is 0 Å². The molecule has 0 aliphatic rings. The van der Waals surface area contributed by atoms with Gasteiger partial charge in [-0.15, -0.1) is 0 Å². The summed E-state index contributed by atoms with van der Waals surface area (Å²) < 4.78 is 5.80. The van der Waals surface area contributed by atoms with E-state index in [2.05, 4.69) is 4.98 Å². The third-order valence-corrected chi connectivity index (χ3v) is 4.74. The largest absolute Gasteiger partial charge is 0.429 e. The first-order valence-electron chi connectivity index (χ1n) is 7.15. The van der Waals surface area contributed by atoms with E-state index in [-0.39, 0.29) is 6.61 Å². The molecule has 0 unspecified atom stereocenters. The number of nitrogens with zero attached hydrogens (tertiary/aromatic N) is 1. The quantitative estimate of drug-likeness (QED) is 0.661. The summed E-state index contributed by atoms with van der Waals surface area (Å²) in [7, 11) is 0. The van der Waals surface area contributed by atoms with E-state index in [0.717, 1.165) is 22.3 Å². The van der Waals surface area contributed by atoms with Crippen molar-refractivity contribution in [3.8, 4) is 22.6 Å². The standard InChI is InChI=1S/C18H16ClNO2S/c1-11-12(14-6-3-4-9-15(14)19)7-5-8-13(11)17-20-16(10-21)18(22-17)23-2/h3-9,21H,10H2,1-2H3. The van der Waals surface area contributed by atoms with Crippen LogP contribution in [0.15, 0.2) is 52.0 Å². The summed E-state index contributed by atoms with van der Waals surface area (Å²) in [5, 5.41) is 10.7. The van der Waals surface area contributed by atoms with Gasteiger partial charge in [-0.1, -0.05) is 53.7 Å². The summed E-state index contributed by atoms with van der Waals surface area (Å²) >= 11 is 7.76. The smallest absolute Gasteiger partial charge is 0.228 e. The Morgan fingerprint density at radius 3 is 2.43 bits per heavy atom. The monoisotopic (exact) mass is 345 g/mol. The molecule has 0 saturated carbocycles. The second kappa shape index (κ2) is 6.79. The average Bonchev–Trinajstić information content (AvgIpc) is 2.99. The van der Waals surface area contributed by atoms with E-state index < -0.39 is 0 Å². The average molecular weight is 346 g/mol. The van der Waals surface area contributed by atoms with Crippen LogP contribution in [0.4, 0.5) is 0 Å². The fourth-order valence-corrected chi connectivity index (χ4v) is 3.30. The van der Waals surface area contributed by atoms with Gasteiger partial charge in [0.15, 0.2) is 5.09 Å². The molecule has 0 fully saturated rings. The molecule has 1 heterocycles. The van der Waals surface area contributed by atoms with Crippen LogP contribution in [0.5, 0.6) is 0 Å². The summed E-state index contributed by atoms with van der Waals surface area (Å²) in [6, 6.07) is 13.7. The molecular formula is C18H16ClNO2S. The van der Waals surface area contributed by atoms with E-state index in [1.807, 2.05) is 55.6 Å². The highest BCUT2D eigenvalue weighted by Gasteiger charge is 2.17. The topological polar surface area (TPSA) is 46.3 Å². The second-order valence-corrected chi connectivity index (χ2v) is 6.26. The number of hydrogen-bond donors (Lipinski definition) is 1. The fraction of sp³-hybridized carbons (Fsp3) is 0.167. The first kappa shape index (κ1) is 16.1. The van der Waals surface area contributed by atoms with Crippen LogP contribution in [-0.2, 0) is 6.61 Å². The molecule has 0 atom stereocenters. The number of hydrogen-bond acceptors (Lipinski definition) is 4. The number of rotatable bonds is 4. The van der Waals surface area contributed by atoms with Crippen LogP contribution >= 0.6 is 23.4 Å². The van der Waals surface area contributed by atoms with Crippen molar-refractivity contribution in [2.24, 2.45) is 0 Å². The van der Waals surface area contributed by atoms with Crippen molar-refractivity contribution in [2.45, 2.75) is 18.6 Å². The Balaban J connectivity index is 2.14. The normalized spacial score (nSPS) is 11.0. The third kappa shape index (κ3) is 3.02. The first-order chi connectivity index (χ1) is 11.2. The van der Waals surface area contributed by atoms with Crippen LogP contribution in [0.3, 0.4) is 0 Å². The first-order valence-corrected chi connectivity index (χ1v) is 8.75. The van der Waals surface area contributed by atoms with Crippen LogP contribution in [-0.4, -0.2) is 16.3 Å². The lowest BCUT2D eigenvalue weighted by atomic mass is 9.96. The highest BCUT2D eigenvalue weighted by molar-refractivity contribution is 7.98. The van der Waals surface area contributed by atoms with Gasteiger partial charge in [-0.3, -0.25) is 0 Å². The van der Waals surface area contributed by atoms with Gasteiger partial charge in [-0.05, 0) is 36.4 Å². The Morgan fingerprint density at radius 1 is 1.09 bits per heavy atom. The van der Waals surface area contributed by atoms with Crippen molar-refractivity contribution in [1.82, 2.24) is 4.98 Å². The molecule has 0 saturated heterocycles. The molecule has 0 aliphatic heterocycles. The van der Waals surface area contributed by atoms with Gasteiger partial charge in [0, 0.05) is 16.1 Å². The number of aromatic nitrogens is 1. The lowest BCUT2D eigenvalue weighted by molar-refractivity contribution is 0.270. The van der Waals surface area contributed by atoms with Crippen LogP contribution in [0.2, 0.25) is 5.02 Å². The number of halogens is 1. The molecule has 118 valence electrons. The van der Waals surface area contributed by atoms with Gasteiger partial charge in [0.2, 0.25) is 5.89 Å². The zero-order valence-electron chi connectivity index (χ0n) is 12.8. The summed E-state index contributed by atoms with van der Waals surface area (Å²) in [5.74, 6) is 0.518. The minimum absolute atomic E-state index is 0.136. The maximum atomic E-state index is 9.39. The van der Waals surface area contributed by atoms with E-state index >= 15 is 0 Å². The molecule has 0 spiro atoms. The van der Waals surface area contributed by atoms with E-state index in [9.17, 15) is 5.11 Å². The van der Waals surface area contributed by atoms with Crippen molar-refractivity contribution in [1.29, 1.82) is 0 Å². The van der Waals surface area contributed by atoms with Crippen LogP contribution in [0.25, 0.3) is 22.6 Å². The third-order valence-electron chi connectivity index (χ3n) is 3.72. The molecule has 3 rings (SSSR count). The van der Waals surface area contributed by atoms with E-state index in [4.69, 9.17) is 16.0 Å². The molecule has 3 aromatic rings. The molecule has 2 aromatic carbocycles. The highest BCUT2D eigenvalue weighted by atomic mass is 35.5. The molecule has 1 aromatic heterocycles. The van der Waals surface area contributed by atoms with Gasteiger partial charge in [0.05, 0.1) is 6.61 Å². The van der Waals surface area contributed by atoms with Crippen LogP contribution in [0, 0.1) is 6.92 Å². The molecule has 5 heteroatoms. The van der Waals surface area contributed by atoms with Gasteiger partial charge < -0.3 is 9.52 Å². The predicted molar refractivity (Wildman–Crippen MR) is 94.8 cm³/mol. The summed E-state index contributed by atoms with van der Waals surface area (Å²) in [5.41, 5.74) is 4.53. The Hall–Kier alpha value is -1.75. The van der Waals surface area contributed by atoms with Crippen LogP contribution < -0.4 is 0 Å². The summed E-state index contributed by atoms with van der Waals surface area (Å²) in [6.07, 6.45) is 1.90. The predicted octanol–water partition coefficient (Wildman–Crippen LogP) is 5.18. The van der Waals surface area contributed by atoms with Crippen molar-refractivity contribution in [3.05, 3.63) is 58.7 Å².